The Morgan fingerprint density at radius 2 is 1.92 bits per heavy atom. The molecule has 0 aliphatic carbocycles. The Labute approximate surface area is 155 Å². The van der Waals surface area contributed by atoms with E-state index in [2.05, 4.69) is 10.6 Å². The molecule has 7 heteroatoms. The summed E-state index contributed by atoms with van der Waals surface area (Å²) in [5, 5.41) is 7.29. The number of benzene rings is 1. The van der Waals surface area contributed by atoms with E-state index in [-0.39, 0.29) is 12.3 Å². The van der Waals surface area contributed by atoms with E-state index in [1.165, 1.54) is 11.3 Å². The first-order valence-electron chi connectivity index (χ1n) is 8.20. The fourth-order valence-corrected chi connectivity index (χ4v) is 3.49. The molecule has 1 aliphatic heterocycles. The lowest BCUT2D eigenvalue weighted by Crippen LogP contribution is -2.47. The fraction of sp³-hybridized carbons (Fsp3) is 0.316. The summed E-state index contributed by atoms with van der Waals surface area (Å²) in [4.78, 5) is 38.3. The number of carbonyl (C=O) groups is 3. The standard InChI is InChI=1S/C19H20N2O4S/c1-18(2,3)21-15(22)11-19(25-16(23)14-9-6-10-26-14)12-7-4-5-8-13(12)20-17(19)24/h4-10H,11H2,1-3H3,(H,20,24)(H,21,22). The summed E-state index contributed by atoms with van der Waals surface area (Å²) in [7, 11) is 0. The van der Waals surface area contributed by atoms with Gasteiger partial charge in [0.05, 0.1) is 6.42 Å². The Morgan fingerprint density at radius 3 is 2.58 bits per heavy atom. The van der Waals surface area contributed by atoms with Crippen molar-refractivity contribution in [3.63, 3.8) is 0 Å². The Hall–Kier alpha value is -2.67. The highest BCUT2D eigenvalue weighted by Crippen LogP contribution is 2.42. The summed E-state index contributed by atoms with van der Waals surface area (Å²) >= 11 is 1.22. The number of esters is 1. The Kier molecular flexibility index (Phi) is 4.58. The smallest absolute Gasteiger partial charge is 0.349 e. The highest BCUT2D eigenvalue weighted by Gasteiger charge is 2.52. The van der Waals surface area contributed by atoms with E-state index in [1.54, 1.807) is 41.8 Å². The topological polar surface area (TPSA) is 84.5 Å². The van der Waals surface area contributed by atoms with Gasteiger partial charge in [-0.25, -0.2) is 4.79 Å². The minimum absolute atomic E-state index is 0.287. The van der Waals surface area contributed by atoms with Gasteiger partial charge in [0.15, 0.2) is 0 Å². The average Bonchev–Trinajstić information content (AvgIpc) is 3.14. The number of para-hydroxylation sites is 1. The zero-order valence-electron chi connectivity index (χ0n) is 14.8. The second-order valence-corrected chi connectivity index (χ2v) is 8.12. The van der Waals surface area contributed by atoms with Gasteiger partial charge < -0.3 is 15.4 Å². The quantitative estimate of drug-likeness (QED) is 0.808. The van der Waals surface area contributed by atoms with Crippen molar-refractivity contribution >= 4 is 34.8 Å². The number of fused-ring (bicyclic) bond motifs is 1. The number of ether oxygens (including phenoxy) is 1. The molecule has 1 aromatic heterocycles. The number of amides is 2. The van der Waals surface area contributed by atoms with Crippen LogP contribution < -0.4 is 10.6 Å². The van der Waals surface area contributed by atoms with E-state index < -0.39 is 23.0 Å². The van der Waals surface area contributed by atoms with Crippen LogP contribution >= 0.6 is 11.3 Å². The van der Waals surface area contributed by atoms with Crippen molar-refractivity contribution in [2.24, 2.45) is 0 Å². The summed E-state index contributed by atoms with van der Waals surface area (Å²) in [6.07, 6.45) is -0.287. The average molecular weight is 372 g/mol. The van der Waals surface area contributed by atoms with Crippen molar-refractivity contribution in [2.75, 3.05) is 5.32 Å². The predicted octanol–water partition coefficient (Wildman–Crippen LogP) is 3.06. The molecule has 1 aromatic carbocycles. The third-order valence-corrected chi connectivity index (χ3v) is 4.74. The van der Waals surface area contributed by atoms with Crippen LogP contribution in [0.2, 0.25) is 0 Å². The zero-order chi connectivity index (χ0) is 18.9. The molecule has 0 bridgehead atoms. The molecule has 0 saturated carbocycles. The van der Waals surface area contributed by atoms with Crippen molar-refractivity contribution < 1.29 is 19.1 Å². The number of hydrogen-bond donors (Lipinski definition) is 2. The van der Waals surface area contributed by atoms with Crippen LogP contribution in [0, 0.1) is 0 Å². The number of hydrogen-bond acceptors (Lipinski definition) is 5. The van der Waals surface area contributed by atoms with E-state index in [0.717, 1.165) is 0 Å². The van der Waals surface area contributed by atoms with Gasteiger partial charge in [-0.3, -0.25) is 9.59 Å². The number of carbonyl (C=O) groups excluding carboxylic acids is 3. The van der Waals surface area contributed by atoms with Crippen LogP contribution in [0.15, 0.2) is 41.8 Å². The minimum atomic E-state index is -1.69. The Balaban J connectivity index is 1.98. The van der Waals surface area contributed by atoms with E-state index in [4.69, 9.17) is 4.74 Å². The monoisotopic (exact) mass is 372 g/mol. The third kappa shape index (κ3) is 3.48. The number of anilines is 1. The molecule has 2 aromatic rings. The van der Waals surface area contributed by atoms with Gasteiger partial charge in [0.1, 0.15) is 4.88 Å². The Morgan fingerprint density at radius 1 is 1.19 bits per heavy atom. The molecule has 0 saturated heterocycles. The van der Waals surface area contributed by atoms with Crippen LogP contribution in [-0.2, 0) is 19.9 Å². The summed E-state index contributed by atoms with van der Waals surface area (Å²) < 4.78 is 5.67. The van der Waals surface area contributed by atoms with Gasteiger partial charge in [0.2, 0.25) is 11.5 Å². The molecule has 0 spiro atoms. The summed E-state index contributed by atoms with van der Waals surface area (Å²) in [6.45, 7) is 5.54. The number of nitrogens with one attached hydrogen (secondary N) is 2. The van der Waals surface area contributed by atoms with Gasteiger partial charge in [-0.1, -0.05) is 24.3 Å². The highest BCUT2D eigenvalue weighted by molar-refractivity contribution is 7.11. The molecule has 3 rings (SSSR count). The normalized spacial score (nSPS) is 18.8. The van der Waals surface area contributed by atoms with Crippen LogP contribution in [0.5, 0.6) is 0 Å². The molecule has 6 nitrogen and oxygen atoms in total. The van der Waals surface area contributed by atoms with Crippen LogP contribution in [0.1, 0.15) is 42.4 Å². The van der Waals surface area contributed by atoms with Crippen molar-refractivity contribution in [3.8, 4) is 0 Å². The molecular weight excluding hydrogens is 352 g/mol. The second-order valence-electron chi connectivity index (χ2n) is 7.17. The number of thiophene rings is 1. The van der Waals surface area contributed by atoms with Crippen molar-refractivity contribution in [2.45, 2.75) is 38.3 Å². The maximum Gasteiger partial charge on any atom is 0.349 e. The maximum absolute atomic E-state index is 12.8. The van der Waals surface area contributed by atoms with Crippen molar-refractivity contribution in [1.29, 1.82) is 0 Å². The lowest BCUT2D eigenvalue weighted by Gasteiger charge is -2.29. The van der Waals surface area contributed by atoms with Gasteiger partial charge in [0.25, 0.3) is 5.91 Å². The van der Waals surface area contributed by atoms with E-state index >= 15 is 0 Å². The summed E-state index contributed by atoms with van der Waals surface area (Å²) in [6, 6.07) is 10.3. The molecule has 2 N–H and O–H groups in total. The second kappa shape index (κ2) is 6.57. The first kappa shape index (κ1) is 18.1. The van der Waals surface area contributed by atoms with Gasteiger partial charge in [-0.15, -0.1) is 11.3 Å². The first-order valence-corrected chi connectivity index (χ1v) is 9.08. The van der Waals surface area contributed by atoms with Crippen molar-refractivity contribution in [1.82, 2.24) is 5.32 Å². The van der Waals surface area contributed by atoms with Crippen LogP contribution in [0.4, 0.5) is 5.69 Å². The van der Waals surface area contributed by atoms with Crippen molar-refractivity contribution in [3.05, 3.63) is 52.2 Å². The molecule has 1 unspecified atom stereocenters. The van der Waals surface area contributed by atoms with Gasteiger partial charge in [-0.2, -0.15) is 0 Å². The van der Waals surface area contributed by atoms with Crippen LogP contribution in [-0.4, -0.2) is 23.3 Å². The Bertz CT molecular complexity index is 855. The van der Waals surface area contributed by atoms with Gasteiger partial charge in [0, 0.05) is 16.8 Å². The lowest BCUT2D eigenvalue weighted by atomic mass is 9.90. The fourth-order valence-electron chi connectivity index (χ4n) is 2.89. The third-order valence-electron chi connectivity index (χ3n) is 3.89. The maximum atomic E-state index is 12.8. The molecule has 1 aliphatic rings. The first-order chi connectivity index (χ1) is 12.2. The molecule has 0 fully saturated rings. The molecule has 2 heterocycles. The van der Waals surface area contributed by atoms with E-state index in [9.17, 15) is 14.4 Å². The molecular formula is C19H20N2O4S. The molecule has 1 atom stereocenters. The van der Waals surface area contributed by atoms with E-state index in [0.29, 0.717) is 16.1 Å². The zero-order valence-corrected chi connectivity index (χ0v) is 15.6. The highest BCUT2D eigenvalue weighted by atomic mass is 32.1. The predicted molar refractivity (Wildman–Crippen MR) is 99.0 cm³/mol. The van der Waals surface area contributed by atoms with Gasteiger partial charge >= 0.3 is 5.97 Å². The minimum Gasteiger partial charge on any atom is -0.439 e. The summed E-state index contributed by atoms with van der Waals surface area (Å²) in [5.41, 5.74) is -1.13. The van der Waals surface area contributed by atoms with Gasteiger partial charge in [-0.05, 0) is 38.3 Å². The lowest BCUT2D eigenvalue weighted by molar-refractivity contribution is -0.142. The van der Waals surface area contributed by atoms with Crippen LogP contribution in [0.25, 0.3) is 0 Å². The van der Waals surface area contributed by atoms with E-state index in [1.807, 2.05) is 20.8 Å². The summed E-state index contributed by atoms with van der Waals surface area (Å²) in [5.74, 6) is -1.52. The SMILES string of the molecule is CC(C)(C)NC(=O)CC1(OC(=O)c2cccs2)C(=O)Nc2ccccc21. The van der Waals surface area contributed by atoms with Crippen LogP contribution in [0.3, 0.4) is 0 Å². The molecule has 26 heavy (non-hydrogen) atoms. The molecule has 136 valence electrons. The molecule has 0 radical (unpaired) electrons. The number of rotatable bonds is 4. The largest absolute Gasteiger partial charge is 0.439 e. The molecule has 2 amide bonds.